The Morgan fingerprint density at radius 1 is 0.929 bits per heavy atom. The van der Waals surface area contributed by atoms with Crippen molar-refractivity contribution in [3.05, 3.63) is 59.4 Å². The molecule has 28 heavy (non-hydrogen) atoms. The van der Waals surface area contributed by atoms with Crippen molar-refractivity contribution in [1.82, 2.24) is 14.7 Å². The van der Waals surface area contributed by atoms with Crippen LogP contribution < -0.4 is 10.0 Å². The van der Waals surface area contributed by atoms with Gasteiger partial charge in [-0.25, -0.2) is 23.1 Å². The molecule has 0 saturated heterocycles. The lowest BCUT2D eigenvalue weighted by atomic mass is 10.1. The van der Waals surface area contributed by atoms with Crippen LogP contribution in [0.25, 0.3) is 11.0 Å². The van der Waals surface area contributed by atoms with Gasteiger partial charge in [0.25, 0.3) is 5.91 Å². The Balaban J connectivity index is 1.79. The molecule has 8 heteroatoms. The van der Waals surface area contributed by atoms with Gasteiger partial charge in [-0.05, 0) is 70.2 Å². The van der Waals surface area contributed by atoms with Crippen molar-refractivity contribution < 1.29 is 13.2 Å². The van der Waals surface area contributed by atoms with E-state index < -0.39 is 10.0 Å². The molecule has 7 nitrogen and oxygen atoms in total. The largest absolute Gasteiger partial charge is 0.322 e. The van der Waals surface area contributed by atoms with Gasteiger partial charge in [-0.2, -0.15) is 0 Å². The van der Waals surface area contributed by atoms with Gasteiger partial charge in [0.1, 0.15) is 0 Å². The van der Waals surface area contributed by atoms with Gasteiger partial charge in [-0.3, -0.25) is 4.79 Å². The zero-order valence-electron chi connectivity index (χ0n) is 16.1. The molecule has 0 saturated carbocycles. The van der Waals surface area contributed by atoms with Crippen LogP contribution in [0.5, 0.6) is 0 Å². The fraction of sp³-hybridized carbons (Fsp3) is 0.250. The second-order valence-electron chi connectivity index (χ2n) is 6.85. The minimum atomic E-state index is -3.57. The van der Waals surface area contributed by atoms with Crippen molar-refractivity contribution in [2.24, 2.45) is 0 Å². The van der Waals surface area contributed by atoms with E-state index in [0.717, 1.165) is 16.9 Å². The third-order valence-corrected chi connectivity index (χ3v) is 5.83. The number of aryl methyl sites for hydroxylation is 2. The molecule has 1 amide bonds. The molecule has 2 aromatic carbocycles. The first-order valence-electron chi connectivity index (χ1n) is 8.84. The van der Waals surface area contributed by atoms with Gasteiger partial charge in [-0.15, -0.1) is 0 Å². The third-order valence-electron chi connectivity index (χ3n) is 4.15. The topological polar surface area (TPSA) is 101 Å². The normalized spacial score (nSPS) is 11.8. The molecule has 0 aliphatic rings. The molecule has 0 aliphatic heterocycles. The number of benzene rings is 2. The van der Waals surface area contributed by atoms with E-state index in [9.17, 15) is 13.2 Å². The molecule has 0 fully saturated rings. The maximum Gasteiger partial charge on any atom is 0.255 e. The highest BCUT2D eigenvalue weighted by atomic mass is 32.2. The van der Waals surface area contributed by atoms with Gasteiger partial charge in [0.05, 0.1) is 27.3 Å². The van der Waals surface area contributed by atoms with Crippen LogP contribution in [-0.2, 0) is 10.0 Å². The van der Waals surface area contributed by atoms with Crippen LogP contribution in [0.4, 0.5) is 5.69 Å². The first-order valence-corrected chi connectivity index (χ1v) is 10.3. The SMILES string of the molecule is Cc1nc2ccc(C(=O)Nc3ccc(S(=O)(=O)NC(C)C)cc3)cc2nc1C. The van der Waals surface area contributed by atoms with Crippen molar-refractivity contribution in [3.63, 3.8) is 0 Å². The number of rotatable bonds is 5. The van der Waals surface area contributed by atoms with Gasteiger partial charge in [0.15, 0.2) is 0 Å². The zero-order valence-corrected chi connectivity index (χ0v) is 17.0. The van der Waals surface area contributed by atoms with Gasteiger partial charge in [0.2, 0.25) is 10.0 Å². The van der Waals surface area contributed by atoms with E-state index in [4.69, 9.17) is 0 Å². The Morgan fingerprint density at radius 3 is 2.14 bits per heavy atom. The summed E-state index contributed by atoms with van der Waals surface area (Å²) in [4.78, 5) is 21.6. The Bertz CT molecular complexity index is 1140. The van der Waals surface area contributed by atoms with Crippen LogP contribution in [0, 0.1) is 13.8 Å². The Morgan fingerprint density at radius 2 is 1.54 bits per heavy atom. The standard InChI is InChI=1S/C20H22N4O3S/c1-12(2)24-28(26,27)17-8-6-16(7-9-17)23-20(25)15-5-10-18-19(11-15)22-14(4)13(3)21-18/h5-12,24H,1-4H3,(H,23,25). The smallest absolute Gasteiger partial charge is 0.255 e. The second-order valence-corrected chi connectivity index (χ2v) is 8.57. The van der Waals surface area contributed by atoms with E-state index in [2.05, 4.69) is 20.0 Å². The number of fused-ring (bicyclic) bond motifs is 1. The molecule has 1 aromatic heterocycles. The van der Waals surface area contributed by atoms with E-state index in [0.29, 0.717) is 16.8 Å². The molecule has 0 bridgehead atoms. The van der Waals surface area contributed by atoms with Crippen LogP contribution in [0.1, 0.15) is 35.6 Å². The average molecular weight is 398 g/mol. The van der Waals surface area contributed by atoms with E-state index in [1.54, 1.807) is 44.2 Å². The predicted octanol–water partition coefficient (Wildman–Crippen LogP) is 3.19. The number of nitrogens with zero attached hydrogens (tertiary/aromatic N) is 2. The summed E-state index contributed by atoms with van der Waals surface area (Å²) in [5, 5.41) is 2.77. The first kappa shape index (κ1) is 19.9. The van der Waals surface area contributed by atoms with Crippen LogP contribution >= 0.6 is 0 Å². The molecule has 0 unspecified atom stereocenters. The van der Waals surface area contributed by atoms with Crippen LogP contribution in [-0.4, -0.2) is 30.3 Å². The highest BCUT2D eigenvalue weighted by Gasteiger charge is 2.15. The Hall–Kier alpha value is -2.84. The van der Waals surface area contributed by atoms with Crippen LogP contribution in [0.15, 0.2) is 47.4 Å². The molecule has 0 aliphatic carbocycles. The fourth-order valence-electron chi connectivity index (χ4n) is 2.67. The Kier molecular flexibility index (Phi) is 5.44. The van der Waals surface area contributed by atoms with Crippen molar-refractivity contribution in [2.45, 2.75) is 38.6 Å². The lowest BCUT2D eigenvalue weighted by Crippen LogP contribution is -2.30. The fourth-order valence-corrected chi connectivity index (χ4v) is 3.92. The van der Waals surface area contributed by atoms with Crippen molar-refractivity contribution in [1.29, 1.82) is 0 Å². The number of hydrogen-bond donors (Lipinski definition) is 2. The number of anilines is 1. The lowest BCUT2D eigenvalue weighted by Gasteiger charge is -2.11. The molecule has 3 aromatic rings. The van der Waals surface area contributed by atoms with Gasteiger partial charge >= 0.3 is 0 Å². The summed E-state index contributed by atoms with van der Waals surface area (Å²) in [5.41, 5.74) is 4.00. The molecule has 146 valence electrons. The minimum Gasteiger partial charge on any atom is -0.322 e. The summed E-state index contributed by atoms with van der Waals surface area (Å²) in [6.07, 6.45) is 0. The summed E-state index contributed by atoms with van der Waals surface area (Å²) in [6.45, 7) is 7.27. The maximum absolute atomic E-state index is 12.5. The molecule has 0 atom stereocenters. The molecule has 3 rings (SSSR count). The number of carbonyl (C=O) groups is 1. The molecule has 0 radical (unpaired) electrons. The average Bonchev–Trinajstić information content (AvgIpc) is 2.61. The summed E-state index contributed by atoms with van der Waals surface area (Å²) in [7, 11) is -3.57. The van der Waals surface area contributed by atoms with E-state index in [1.807, 2.05) is 13.8 Å². The van der Waals surface area contributed by atoms with Crippen molar-refractivity contribution in [3.8, 4) is 0 Å². The Labute approximate surface area is 164 Å². The molecule has 1 heterocycles. The molecule has 0 spiro atoms. The molecular weight excluding hydrogens is 376 g/mol. The summed E-state index contributed by atoms with van der Waals surface area (Å²) in [5.74, 6) is -0.308. The first-order chi connectivity index (χ1) is 13.2. The highest BCUT2D eigenvalue weighted by Crippen LogP contribution is 2.18. The lowest BCUT2D eigenvalue weighted by molar-refractivity contribution is 0.102. The maximum atomic E-state index is 12.5. The van der Waals surface area contributed by atoms with Crippen molar-refractivity contribution >= 4 is 32.7 Å². The number of sulfonamides is 1. The monoisotopic (exact) mass is 398 g/mol. The van der Waals surface area contributed by atoms with E-state index in [1.165, 1.54) is 12.1 Å². The third kappa shape index (κ3) is 4.35. The molecule has 2 N–H and O–H groups in total. The zero-order chi connectivity index (χ0) is 20.5. The van der Waals surface area contributed by atoms with Crippen LogP contribution in [0.3, 0.4) is 0 Å². The summed E-state index contributed by atoms with van der Waals surface area (Å²) < 4.78 is 26.8. The number of carbonyl (C=O) groups excluding carboxylic acids is 1. The van der Waals surface area contributed by atoms with Gasteiger partial charge < -0.3 is 5.32 Å². The summed E-state index contributed by atoms with van der Waals surface area (Å²) >= 11 is 0. The summed E-state index contributed by atoms with van der Waals surface area (Å²) in [6, 6.07) is 11.0. The number of nitrogens with one attached hydrogen (secondary N) is 2. The van der Waals surface area contributed by atoms with E-state index >= 15 is 0 Å². The van der Waals surface area contributed by atoms with Gasteiger partial charge in [-0.1, -0.05) is 0 Å². The quantitative estimate of drug-likeness (QED) is 0.687. The number of aromatic nitrogens is 2. The predicted molar refractivity (Wildman–Crippen MR) is 109 cm³/mol. The van der Waals surface area contributed by atoms with Crippen LogP contribution in [0.2, 0.25) is 0 Å². The van der Waals surface area contributed by atoms with Crippen molar-refractivity contribution in [2.75, 3.05) is 5.32 Å². The van der Waals surface area contributed by atoms with Gasteiger partial charge in [0, 0.05) is 17.3 Å². The number of hydrogen-bond acceptors (Lipinski definition) is 5. The second kappa shape index (κ2) is 7.65. The van der Waals surface area contributed by atoms with E-state index in [-0.39, 0.29) is 16.8 Å². The highest BCUT2D eigenvalue weighted by molar-refractivity contribution is 7.89. The molecular formula is C20H22N4O3S. The minimum absolute atomic E-state index is 0.144. The number of amides is 1.